The van der Waals surface area contributed by atoms with E-state index in [1.54, 1.807) is 11.3 Å². The highest BCUT2D eigenvalue weighted by molar-refractivity contribution is 7.08. The number of hydrogen-bond donors (Lipinski definition) is 1. The van der Waals surface area contributed by atoms with Crippen LogP contribution in [0.4, 0.5) is 0 Å². The zero-order chi connectivity index (χ0) is 9.97. The van der Waals surface area contributed by atoms with Crippen LogP contribution in [0.25, 0.3) is 11.3 Å². The highest BCUT2D eigenvalue weighted by atomic mass is 32.1. The molecule has 0 saturated carbocycles. The summed E-state index contributed by atoms with van der Waals surface area (Å²) in [7, 11) is 0. The zero-order valence-corrected chi connectivity index (χ0v) is 8.79. The Morgan fingerprint density at radius 1 is 1.57 bits per heavy atom. The number of hydrogen-bond acceptors (Lipinski definition) is 3. The summed E-state index contributed by atoms with van der Waals surface area (Å²) in [5.74, 6) is 0. The average molecular weight is 208 g/mol. The first-order valence-electron chi connectivity index (χ1n) is 4.49. The Kier molecular flexibility index (Phi) is 2.65. The fraction of sp³-hybridized carbons (Fsp3) is 0.300. The molecule has 14 heavy (non-hydrogen) atoms. The molecule has 2 aromatic rings. The summed E-state index contributed by atoms with van der Waals surface area (Å²) in [4.78, 5) is 0. The van der Waals surface area contributed by atoms with Gasteiger partial charge in [0.2, 0.25) is 0 Å². The quantitative estimate of drug-likeness (QED) is 0.836. The van der Waals surface area contributed by atoms with Crippen molar-refractivity contribution in [1.29, 1.82) is 0 Å². The van der Waals surface area contributed by atoms with Crippen molar-refractivity contribution in [2.24, 2.45) is 0 Å². The second-order valence-corrected chi connectivity index (χ2v) is 3.91. The van der Waals surface area contributed by atoms with Gasteiger partial charge in [-0.3, -0.25) is 4.68 Å². The lowest BCUT2D eigenvalue weighted by Gasteiger charge is -1.98. The van der Waals surface area contributed by atoms with Gasteiger partial charge < -0.3 is 5.11 Å². The van der Waals surface area contributed by atoms with Gasteiger partial charge in [0.25, 0.3) is 0 Å². The number of aliphatic hydroxyl groups excluding tert-OH is 1. The first kappa shape index (κ1) is 9.43. The molecule has 0 amide bonds. The molecule has 0 aromatic carbocycles. The molecule has 0 aliphatic carbocycles. The SMILES string of the molecule is Cc1cc(-c2ccsc2)nn1CCO. The molecular formula is C10H12N2OS. The van der Waals surface area contributed by atoms with Gasteiger partial charge in [-0.25, -0.2) is 0 Å². The van der Waals surface area contributed by atoms with E-state index in [2.05, 4.69) is 16.5 Å². The minimum atomic E-state index is 0.131. The third-order valence-corrected chi connectivity index (χ3v) is 2.79. The van der Waals surface area contributed by atoms with E-state index in [9.17, 15) is 0 Å². The molecule has 3 nitrogen and oxygen atoms in total. The van der Waals surface area contributed by atoms with E-state index < -0.39 is 0 Å². The average Bonchev–Trinajstić information content (AvgIpc) is 2.76. The van der Waals surface area contributed by atoms with Crippen LogP contribution in [0.15, 0.2) is 22.9 Å². The van der Waals surface area contributed by atoms with Crippen molar-refractivity contribution in [2.45, 2.75) is 13.5 Å². The zero-order valence-electron chi connectivity index (χ0n) is 7.97. The van der Waals surface area contributed by atoms with Gasteiger partial charge in [0.1, 0.15) is 0 Å². The molecule has 0 saturated heterocycles. The van der Waals surface area contributed by atoms with Crippen molar-refractivity contribution >= 4 is 11.3 Å². The second kappa shape index (κ2) is 3.94. The molecule has 0 aliphatic heterocycles. The minimum Gasteiger partial charge on any atom is -0.394 e. The molecule has 0 atom stereocenters. The van der Waals surface area contributed by atoms with Gasteiger partial charge >= 0.3 is 0 Å². The Hall–Kier alpha value is -1.13. The van der Waals surface area contributed by atoms with E-state index >= 15 is 0 Å². The fourth-order valence-electron chi connectivity index (χ4n) is 1.38. The van der Waals surface area contributed by atoms with Gasteiger partial charge in [0.05, 0.1) is 18.8 Å². The number of nitrogens with zero attached hydrogens (tertiary/aromatic N) is 2. The van der Waals surface area contributed by atoms with Crippen LogP contribution in [0.5, 0.6) is 0 Å². The molecule has 0 unspecified atom stereocenters. The molecule has 0 fully saturated rings. The first-order chi connectivity index (χ1) is 6.81. The van der Waals surface area contributed by atoms with Crippen LogP contribution in [-0.2, 0) is 6.54 Å². The molecule has 74 valence electrons. The number of rotatable bonds is 3. The number of aryl methyl sites for hydroxylation is 1. The van der Waals surface area contributed by atoms with E-state index in [-0.39, 0.29) is 6.61 Å². The van der Waals surface area contributed by atoms with Crippen LogP contribution in [0.3, 0.4) is 0 Å². The molecule has 4 heteroatoms. The molecule has 0 spiro atoms. The third-order valence-electron chi connectivity index (χ3n) is 2.11. The number of aromatic nitrogens is 2. The van der Waals surface area contributed by atoms with Crippen molar-refractivity contribution in [1.82, 2.24) is 9.78 Å². The highest BCUT2D eigenvalue weighted by Gasteiger charge is 2.05. The highest BCUT2D eigenvalue weighted by Crippen LogP contribution is 2.21. The summed E-state index contributed by atoms with van der Waals surface area (Å²) in [6.45, 7) is 2.69. The second-order valence-electron chi connectivity index (χ2n) is 3.13. The normalized spacial score (nSPS) is 10.7. The lowest BCUT2D eigenvalue weighted by atomic mass is 10.2. The minimum absolute atomic E-state index is 0.131. The molecule has 2 aromatic heterocycles. The molecule has 2 rings (SSSR count). The van der Waals surface area contributed by atoms with Crippen molar-refractivity contribution in [2.75, 3.05) is 6.61 Å². The molecule has 2 heterocycles. The van der Waals surface area contributed by atoms with Crippen molar-refractivity contribution in [3.8, 4) is 11.3 Å². The molecule has 0 aliphatic rings. The van der Waals surface area contributed by atoms with Crippen LogP contribution in [-0.4, -0.2) is 21.5 Å². The lowest BCUT2D eigenvalue weighted by molar-refractivity contribution is 0.268. The van der Waals surface area contributed by atoms with Crippen LogP contribution in [0.1, 0.15) is 5.69 Å². The van der Waals surface area contributed by atoms with Crippen LogP contribution in [0, 0.1) is 6.92 Å². The Morgan fingerprint density at radius 2 is 2.43 bits per heavy atom. The Bertz CT molecular complexity index is 406. The maximum atomic E-state index is 8.83. The number of thiophene rings is 1. The van der Waals surface area contributed by atoms with Gasteiger partial charge in [-0.05, 0) is 24.4 Å². The monoisotopic (exact) mass is 208 g/mol. The molecule has 1 N–H and O–H groups in total. The standard InChI is InChI=1S/C10H12N2OS/c1-8-6-10(9-2-5-14-7-9)11-12(8)3-4-13/h2,5-7,13H,3-4H2,1H3. The van der Waals surface area contributed by atoms with E-state index in [4.69, 9.17) is 5.11 Å². The summed E-state index contributed by atoms with van der Waals surface area (Å²) < 4.78 is 1.83. The molecular weight excluding hydrogens is 196 g/mol. The van der Waals surface area contributed by atoms with Gasteiger partial charge in [0.15, 0.2) is 0 Å². The Morgan fingerprint density at radius 3 is 3.07 bits per heavy atom. The summed E-state index contributed by atoms with van der Waals surface area (Å²) in [6.07, 6.45) is 0. The van der Waals surface area contributed by atoms with Crippen molar-refractivity contribution in [3.63, 3.8) is 0 Å². The molecule has 0 radical (unpaired) electrons. The maximum Gasteiger partial charge on any atom is 0.0934 e. The molecule has 0 bridgehead atoms. The topological polar surface area (TPSA) is 38.0 Å². The van der Waals surface area contributed by atoms with Crippen LogP contribution in [0.2, 0.25) is 0 Å². The third kappa shape index (κ3) is 1.71. The Labute approximate surface area is 86.6 Å². The van der Waals surface area contributed by atoms with Gasteiger partial charge in [0, 0.05) is 16.6 Å². The van der Waals surface area contributed by atoms with E-state index in [0.717, 1.165) is 17.0 Å². The summed E-state index contributed by atoms with van der Waals surface area (Å²) >= 11 is 1.66. The van der Waals surface area contributed by atoms with E-state index in [1.165, 1.54) is 0 Å². The van der Waals surface area contributed by atoms with Crippen molar-refractivity contribution in [3.05, 3.63) is 28.6 Å². The summed E-state index contributed by atoms with van der Waals surface area (Å²) in [6, 6.07) is 4.09. The predicted octanol–water partition coefficient (Wildman–Crippen LogP) is 1.91. The Balaban J connectivity index is 2.33. The smallest absolute Gasteiger partial charge is 0.0934 e. The first-order valence-corrected chi connectivity index (χ1v) is 5.43. The summed E-state index contributed by atoms with van der Waals surface area (Å²) in [5, 5.41) is 17.3. The maximum absolute atomic E-state index is 8.83. The van der Waals surface area contributed by atoms with E-state index in [1.807, 2.05) is 23.1 Å². The number of aliphatic hydroxyl groups is 1. The van der Waals surface area contributed by atoms with Gasteiger partial charge in [-0.1, -0.05) is 0 Å². The van der Waals surface area contributed by atoms with Gasteiger partial charge in [-0.15, -0.1) is 0 Å². The summed E-state index contributed by atoms with van der Waals surface area (Å²) in [5.41, 5.74) is 3.22. The largest absolute Gasteiger partial charge is 0.394 e. The van der Waals surface area contributed by atoms with Crippen molar-refractivity contribution < 1.29 is 5.11 Å². The predicted molar refractivity (Wildman–Crippen MR) is 57.4 cm³/mol. The lowest BCUT2D eigenvalue weighted by Crippen LogP contribution is -2.05. The fourth-order valence-corrected chi connectivity index (χ4v) is 2.03. The van der Waals surface area contributed by atoms with Gasteiger partial charge in [-0.2, -0.15) is 16.4 Å². The van der Waals surface area contributed by atoms with E-state index in [0.29, 0.717) is 6.54 Å². The van der Waals surface area contributed by atoms with Crippen LogP contribution < -0.4 is 0 Å². The van der Waals surface area contributed by atoms with Crippen LogP contribution >= 0.6 is 11.3 Å².